The molecule has 2 fully saturated rings. The van der Waals surface area contributed by atoms with Crippen molar-refractivity contribution in [1.82, 2.24) is 14.7 Å². The number of halogens is 1. The van der Waals surface area contributed by atoms with E-state index in [4.69, 9.17) is 17.0 Å². The van der Waals surface area contributed by atoms with E-state index in [2.05, 4.69) is 39.4 Å². The molecule has 1 N–H and O–H groups in total. The summed E-state index contributed by atoms with van der Waals surface area (Å²) in [6.07, 6.45) is 0.736. The molecule has 1 atom stereocenters. The van der Waals surface area contributed by atoms with E-state index >= 15 is 0 Å². The number of carbonyl (C=O) groups is 2. The number of thiocarbonyl (C=S) groups is 1. The van der Waals surface area contributed by atoms with E-state index < -0.39 is 6.04 Å². The lowest BCUT2D eigenvalue weighted by atomic mass is 10.1. The van der Waals surface area contributed by atoms with Crippen molar-refractivity contribution in [1.29, 1.82) is 0 Å². The summed E-state index contributed by atoms with van der Waals surface area (Å²) in [4.78, 5) is 35.0. The van der Waals surface area contributed by atoms with Gasteiger partial charge in [-0.15, -0.1) is 0 Å². The monoisotopic (exact) mass is 589 g/mol. The minimum absolute atomic E-state index is 0.0683. The van der Waals surface area contributed by atoms with Crippen LogP contribution in [0.2, 0.25) is 0 Å². The van der Waals surface area contributed by atoms with Crippen LogP contribution < -0.4 is 15.0 Å². The third kappa shape index (κ3) is 7.31. The first-order valence-electron chi connectivity index (χ1n) is 14.2. The van der Waals surface area contributed by atoms with Gasteiger partial charge in [-0.05, 0) is 79.3 Å². The fourth-order valence-corrected chi connectivity index (χ4v) is 5.87. The largest absolute Gasteiger partial charge is 0.497 e. The first-order valence-corrected chi connectivity index (χ1v) is 14.6. The Morgan fingerprint density at radius 2 is 1.60 bits per heavy atom. The summed E-state index contributed by atoms with van der Waals surface area (Å²) in [5, 5.41) is 3.16. The number of benzene rings is 3. The molecule has 0 radical (unpaired) electrons. The number of hydrogen-bond acceptors (Lipinski definition) is 6. The summed E-state index contributed by atoms with van der Waals surface area (Å²) < 4.78 is 18.6. The van der Waals surface area contributed by atoms with E-state index in [-0.39, 0.29) is 24.1 Å². The molecule has 0 unspecified atom stereocenters. The lowest BCUT2D eigenvalue weighted by Crippen LogP contribution is -2.47. The number of rotatable bonds is 11. The van der Waals surface area contributed by atoms with Gasteiger partial charge in [-0.1, -0.05) is 30.3 Å². The van der Waals surface area contributed by atoms with Crippen molar-refractivity contribution < 1.29 is 18.7 Å². The van der Waals surface area contributed by atoms with Crippen molar-refractivity contribution in [3.63, 3.8) is 0 Å². The number of hydrogen-bond donors (Lipinski definition) is 1. The van der Waals surface area contributed by atoms with Crippen molar-refractivity contribution in [2.75, 3.05) is 56.6 Å². The molecule has 2 aliphatic rings. The molecular weight excluding hydrogens is 553 g/mol. The van der Waals surface area contributed by atoms with Gasteiger partial charge < -0.3 is 19.9 Å². The number of carbonyl (C=O) groups excluding carboxylic acids is 2. The van der Waals surface area contributed by atoms with E-state index in [0.29, 0.717) is 28.8 Å². The standard InChI is InChI=1S/C32H36FN5O3S/c1-41-28-14-12-27(13-15-28)38-31(40)29(22-30(39)34-26-10-8-25(33)9-11-26)37(32(38)42)17-5-16-35-18-20-36(21-19-35)23-24-6-3-2-4-7-24/h2-4,6-15,29H,5,16-23H2,1H3,(H,34,39)/t29-/m0/s1. The van der Waals surface area contributed by atoms with Gasteiger partial charge in [0, 0.05) is 45.0 Å². The molecular formula is C32H36FN5O3S. The van der Waals surface area contributed by atoms with Gasteiger partial charge in [0.2, 0.25) is 5.91 Å². The molecule has 0 aliphatic carbocycles. The summed E-state index contributed by atoms with van der Waals surface area (Å²) >= 11 is 5.81. The molecule has 3 aromatic carbocycles. The number of amides is 2. The lowest BCUT2D eigenvalue weighted by Gasteiger charge is -2.35. The third-order valence-electron chi connectivity index (χ3n) is 7.74. The van der Waals surface area contributed by atoms with Crippen molar-refractivity contribution in [2.24, 2.45) is 0 Å². The second-order valence-corrected chi connectivity index (χ2v) is 10.9. The quantitative estimate of drug-likeness (QED) is 0.333. The van der Waals surface area contributed by atoms with Crippen LogP contribution in [0.1, 0.15) is 18.4 Å². The maximum absolute atomic E-state index is 13.7. The highest BCUT2D eigenvalue weighted by molar-refractivity contribution is 7.80. The van der Waals surface area contributed by atoms with Crippen molar-refractivity contribution in [3.05, 3.63) is 90.2 Å². The Kier molecular flexibility index (Phi) is 9.78. The molecule has 2 aliphatic heterocycles. The summed E-state index contributed by atoms with van der Waals surface area (Å²) in [5.74, 6) is -0.289. The van der Waals surface area contributed by atoms with Crippen molar-refractivity contribution in [2.45, 2.75) is 25.4 Å². The van der Waals surface area contributed by atoms with Crippen LogP contribution >= 0.6 is 12.2 Å². The van der Waals surface area contributed by atoms with Gasteiger partial charge in [0.1, 0.15) is 17.6 Å². The number of anilines is 2. The number of nitrogens with zero attached hydrogens (tertiary/aromatic N) is 4. The molecule has 42 heavy (non-hydrogen) atoms. The molecule has 0 saturated carbocycles. The van der Waals surface area contributed by atoms with E-state index in [1.54, 1.807) is 31.4 Å². The van der Waals surface area contributed by atoms with E-state index in [1.165, 1.54) is 34.7 Å². The second-order valence-electron chi connectivity index (χ2n) is 10.6. The Morgan fingerprint density at radius 3 is 2.26 bits per heavy atom. The molecule has 0 spiro atoms. The minimum Gasteiger partial charge on any atom is -0.497 e. The number of ether oxygens (including phenoxy) is 1. The maximum atomic E-state index is 13.7. The van der Waals surface area contributed by atoms with Crippen LogP contribution in [0.15, 0.2) is 78.9 Å². The number of methoxy groups -OCH3 is 1. The van der Waals surface area contributed by atoms with Crippen LogP contribution in [0.4, 0.5) is 15.8 Å². The van der Waals surface area contributed by atoms with Crippen LogP contribution in [0.3, 0.4) is 0 Å². The maximum Gasteiger partial charge on any atom is 0.256 e. The average Bonchev–Trinajstić information content (AvgIpc) is 3.23. The number of nitrogens with one attached hydrogen (secondary N) is 1. The zero-order valence-electron chi connectivity index (χ0n) is 23.7. The van der Waals surface area contributed by atoms with Gasteiger partial charge in [0.25, 0.3) is 5.91 Å². The molecule has 10 heteroatoms. The van der Waals surface area contributed by atoms with Crippen molar-refractivity contribution >= 4 is 40.5 Å². The average molecular weight is 590 g/mol. The molecule has 0 aromatic heterocycles. The molecule has 2 amide bonds. The Labute approximate surface area is 251 Å². The first-order chi connectivity index (χ1) is 20.4. The smallest absolute Gasteiger partial charge is 0.256 e. The minimum atomic E-state index is -0.734. The Hall–Kier alpha value is -3.86. The highest BCUT2D eigenvalue weighted by atomic mass is 32.1. The topological polar surface area (TPSA) is 68.4 Å². The molecule has 2 saturated heterocycles. The van der Waals surface area contributed by atoms with Gasteiger partial charge in [0.15, 0.2) is 5.11 Å². The summed E-state index contributed by atoms with van der Waals surface area (Å²) in [6.45, 7) is 6.37. The first kappa shape index (κ1) is 29.6. The predicted octanol–water partition coefficient (Wildman–Crippen LogP) is 4.37. The highest BCUT2D eigenvalue weighted by Crippen LogP contribution is 2.29. The van der Waals surface area contributed by atoms with Crippen molar-refractivity contribution in [3.8, 4) is 5.75 Å². The normalized spacial score (nSPS) is 18.0. The Morgan fingerprint density at radius 1 is 0.929 bits per heavy atom. The lowest BCUT2D eigenvalue weighted by molar-refractivity contribution is -0.124. The van der Waals surface area contributed by atoms with Crippen LogP contribution in [0, 0.1) is 5.82 Å². The van der Waals surface area contributed by atoms with E-state index in [9.17, 15) is 14.0 Å². The van der Waals surface area contributed by atoms with Crippen LogP contribution in [0.5, 0.6) is 5.75 Å². The zero-order valence-corrected chi connectivity index (χ0v) is 24.6. The van der Waals surface area contributed by atoms with Gasteiger partial charge in [-0.2, -0.15) is 0 Å². The summed E-state index contributed by atoms with van der Waals surface area (Å²) in [7, 11) is 1.58. The summed E-state index contributed by atoms with van der Waals surface area (Å²) in [6, 6.07) is 22.5. The Balaban J connectivity index is 1.21. The van der Waals surface area contributed by atoms with Gasteiger partial charge in [-0.25, -0.2) is 4.39 Å². The molecule has 0 bridgehead atoms. The van der Waals surface area contributed by atoms with E-state index in [1.807, 2.05) is 11.0 Å². The van der Waals surface area contributed by atoms with E-state index in [0.717, 1.165) is 45.7 Å². The third-order valence-corrected chi connectivity index (χ3v) is 8.16. The van der Waals surface area contributed by atoms with Crippen LogP contribution in [0.25, 0.3) is 0 Å². The molecule has 2 heterocycles. The fourth-order valence-electron chi connectivity index (χ4n) is 5.45. The number of piperazine rings is 1. The fraction of sp³-hybridized carbons (Fsp3) is 0.344. The Bertz CT molecular complexity index is 1370. The zero-order chi connectivity index (χ0) is 29.5. The second kappa shape index (κ2) is 13.9. The SMILES string of the molecule is COc1ccc(N2C(=O)[C@H](CC(=O)Nc3ccc(F)cc3)N(CCCN3CCN(Cc4ccccc4)CC3)C2=S)cc1. The summed E-state index contributed by atoms with van der Waals surface area (Å²) in [5.41, 5.74) is 2.43. The molecule has 3 aromatic rings. The molecule has 8 nitrogen and oxygen atoms in total. The van der Waals surface area contributed by atoms with Gasteiger partial charge >= 0.3 is 0 Å². The van der Waals surface area contributed by atoms with Crippen LogP contribution in [-0.4, -0.2) is 84.0 Å². The highest BCUT2D eigenvalue weighted by Gasteiger charge is 2.44. The van der Waals surface area contributed by atoms with Gasteiger partial charge in [0.05, 0.1) is 19.2 Å². The molecule has 5 rings (SSSR count). The predicted molar refractivity (Wildman–Crippen MR) is 166 cm³/mol. The van der Waals surface area contributed by atoms with Crippen LogP contribution in [-0.2, 0) is 16.1 Å². The van der Waals surface area contributed by atoms with Gasteiger partial charge in [-0.3, -0.25) is 19.4 Å². The molecule has 220 valence electrons.